The molecule has 2 saturated heterocycles. The number of hydrogen-bond donors (Lipinski definition) is 0. The number of halogens is 1. The van der Waals surface area contributed by atoms with Crippen LogP contribution in [0.15, 0.2) is 12.1 Å². The van der Waals surface area contributed by atoms with Crippen molar-refractivity contribution in [2.45, 2.75) is 38.1 Å². The molecule has 2 aliphatic heterocycles. The zero-order chi connectivity index (χ0) is 20.6. The number of imide groups is 1. The average Bonchev–Trinajstić information content (AvgIpc) is 3.29. The summed E-state index contributed by atoms with van der Waals surface area (Å²) in [5.74, 6) is -0.161. The van der Waals surface area contributed by atoms with E-state index in [2.05, 4.69) is 4.90 Å². The number of anilines is 1. The lowest BCUT2D eigenvalue weighted by Crippen LogP contribution is -2.51. The fraction of sp³-hybridized carbons (Fsp3) is 0.571. The number of urea groups is 1. The van der Waals surface area contributed by atoms with Crippen molar-refractivity contribution >= 4 is 29.2 Å². The molecule has 1 aliphatic carbocycles. The van der Waals surface area contributed by atoms with E-state index >= 15 is 0 Å². The number of amides is 3. The molecule has 3 amide bonds. The molecule has 0 aromatic heterocycles. The van der Waals surface area contributed by atoms with Crippen molar-refractivity contribution in [3.63, 3.8) is 0 Å². The van der Waals surface area contributed by atoms with Crippen molar-refractivity contribution < 1.29 is 14.3 Å². The molecular formula is C21H25ClN4O3. The third-order valence-corrected chi connectivity index (χ3v) is 6.92. The van der Waals surface area contributed by atoms with Gasteiger partial charge in [-0.1, -0.05) is 24.4 Å². The molecule has 0 bridgehead atoms. The van der Waals surface area contributed by atoms with Crippen molar-refractivity contribution in [2.24, 2.45) is 0 Å². The second-order valence-electron chi connectivity index (χ2n) is 7.95. The van der Waals surface area contributed by atoms with Gasteiger partial charge in [0.05, 0.1) is 29.5 Å². The number of nitrogens with zero attached hydrogens (tertiary/aromatic N) is 4. The Bertz CT molecular complexity index is 869. The highest BCUT2D eigenvalue weighted by molar-refractivity contribution is 6.33. The van der Waals surface area contributed by atoms with Crippen LogP contribution in [0.1, 0.15) is 36.8 Å². The molecule has 7 nitrogen and oxygen atoms in total. The molecule has 29 heavy (non-hydrogen) atoms. The number of ether oxygens (including phenoxy) is 1. The first-order valence-electron chi connectivity index (χ1n) is 10.1. The summed E-state index contributed by atoms with van der Waals surface area (Å²) in [5.41, 5.74) is 0.641. The standard InChI is InChI=1S/C21H25ClN4O3/c1-15-17(5-4-16(14-23)18(15)22)26-19(27)21(6-2-3-7-21)25(20(26)28)9-8-24-10-12-29-13-11-24/h4-5H,2-3,6-13H2,1H3. The van der Waals surface area contributed by atoms with Crippen molar-refractivity contribution in [3.05, 3.63) is 28.3 Å². The van der Waals surface area contributed by atoms with Gasteiger partial charge in [0.15, 0.2) is 0 Å². The number of rotatable bonds is 4. The van der Waals surface area contributed by atoms with Crippen LogP contribution in [0.4, 0.5) is 10.5 Å². The first kappa shape index (κ1) is 20.1. The van der Waals surface area contributed by atoms with Crippen molar-refractivity contribution in [1.82, 2.24) is 9.80 Å². The Morgan fingerprint density at radius 2 is 1.86 bits per heavy atom. The molecule has 4 rings (SSSR count). The van der Waals surface area contributed by atoms with Crippen LogP contribution in [0.2, 0.25) is 5.02 Å². The molecule has 3 aliphatic rings. The first-order valence-corrected chi connectivity index (χ1v) is 10.5. The van der Waals surface area contributed by atoms with E-state index in [1.807, 2.05) is 6.07 Å². The molecule has 3 fully saturated rings. The second kappa shape index (κ2) is 7.94. The minimum atomic E-state index is -0.754. The van der Waals surface area contributed by atoms with Crippen LogP contribution in [0.25, 0.3) is 0 Å². The minimum Gasteiger partial charge on any atom is -0.379 e. The van der Waals surface area contributed by atoms with E-state index in [4.69, 9.17) is 16.3 Å². The zero-order valence-electron chi connectivity index (χ0n) is 16.6. The van der Waals surface area contributed by atoms with Gasteiger partial charge in [0, 0.05) is 26.2 Å². The lowest BCUT2D eigenvalue weighted by molar-refractivity contribution is -0.124. The number of nitriles is 1. The highest BCUT2D eigenvalue weighted by Gasteiger charge is 2.58. The summed E-state index contributed by atoms with van der Waals surface area (Å²) < 4.78 is 5.40. The van der Waals surface area contributed by atoms with Crippen LogP contribution in [0.3, 0.4) is 0 Å². The maximum Gasteiger partial charge on any atom is 0.332 e. The Labute approximate surface area is 175 Å². The molecule has 8 heteroatoms. The highest BCUT2D eigenvalue weighted by Crippen LogP contribution is 2.44. The summed E-state index contributed by atoms with van der Waals surface area (Å²) in [5, 5.41) is 9.49. The predicted molar refractivity (Wildman–Crippen MR) is 109 cm³/mol. The summed E-state index contributed by atoms with van der Waals surface area (Å²) in [6.07, 6.45) is 3.27. The van der Waals surface area contributed by atoms with Gasteiger partial charge < -0.3 is 9.64 Å². The van der Waals surface area contributed by atoms with Crippen molar-refractivity contribution in [1.29, 1.82) is 5.26 Å². The number of morpholine rings is 1. The van der Waals surface area contributed by atoms with Gasteiger partial charge in [0.2, 0.25) is 0 Å². The summed E-state index contributed by atoms with van der Waals surface area (Å²) in [4.78, 5) is 32.3. The number of benzene rings is 1. The normalized spacial score (nSPS) is 22.0. The van der Waals surface area contributed by atoms with E-state index in [1.54, 1.807) is 24.0 Å². The van der Waals surface area contributed by atoms with Gasteiger partial charge in [-0.2, -0.15) is 5.26 Å². The Hall–Kier alpha value is -2.14. The van der Waals surface area contributed by atoms with Crippen LogP contribution < -0.4 is 4.90 Å². The summed E-state index contributed by atoms with van der Waals surface area (Å²) in [7, 11) is 0. The molecule has 154 valence electrons. The monoisotopic (exact) mass is 416 g/mol. The molecule has 1 saturated carbocycles. The maximum absolute atomic E-state index is 13.5. The molecule has 0 radical (unpaired) electrons. The number of hydrogen-bond acceptors (Lipinski definition) is 5. The van der Waals surface area contributed by atoms with E-state index in [9.17, 15) is 14.9 Å². The Balaban J connectivity index is 1.65. The zero-order valence-corrected chi connectivity index (χ0v) is 17.4. The molecule has 1 aromatic carbocycles. The number of carbonyl (C=O) groups excluding carboxylic acids is 2. The van der Waals surface area contributed by atoms with Gasteiger partial charge in [-0.3, -0.25) is 9.69 Å². The van der Waals surface area contributed by atoms with Gasteiger partial charge in [0.1, 0.15) is 11.6 Å². The van der Waals surface area contributed by atoms with E-state index in [1.165, 1.54) is 4.90 Å². The van der Waals surface area contributed by atoms with E-state index < -0.39 is 5.54 Å². The second-order valence-corrected chi connectivity index (χ2v) is 8.33. The summed E-state index contributed by atoms with van der Waals surface area (Å²) in [6, 6.07) is 4.99. The summed E-state index contributed by atoms with van der Waals surface area (Å²) in [6.45, 7) is 6.08. The fourth-order valence-corrected chi connectivity index (χ4v) is 4.95. The maximum atomic E-state index is 13.5. The van der Waals surface area contributed by atoms with Gasteiger partial charge in [-0.25, -0.2) is 9.69 Å². The molecule has 0 N–H and O–H groups in total. The SMILES string of the molecule is Cc1c(N2C(=O)N(CCN3CCOCC3)C3(CCCC3)C2=O)ccc(C#N)c1Cl. The number of carbonyl (C=O) groups is 2. The Kier molecular flexibility index (Phi) is 5.52. The van der Waals surface area contributed by atoms with Crippen molar-refractivity contribution in [3.8, 4) is 6.07 Å². The smallest absolute Gasteiger partial charge is 0.332 e. The molecule has 0 atom stereocenters. The van der Waals surface area contributed by atoms with Gasteiger partial charge in [-0.15, -0.1) is 0 Å². The minimum absolute atomic E-state index is 0.161. The molecular weight excluding hydrogens is 392 g/mol. The molecule has 1 spiro atoms. The van der Waals surface area contributed by atoms with Crippen LogP contribution in [0.5, 0.6) is 0 Å². The average molecular weight is 417 g/mol. The quantitative estimate of drug-likeness (QED) is 0.705. The van der Waals surface area contributed by atoms with E-state index in [0.717, 1.165) is 32.5 Å². The predicted octanol–water partition coefficient (Wildman–Crippen LogP) is 2.93. The van der Waals surface area contributed by atoms with Gasteiger partial charge >= 0.3 is 6.03 Å². The third kappa shape index (κ3) is 3.29. The fourth-order valence-electron chi connectivity index (χ4n) is 4.75. The third-order valence-electron chi connectivity index (χ3n) is 6.43. The molecule has 2 heterocycles. The molecule has 1 aromatic rings. The summed E-state index contributed by atoms with van der Waals surface area (Å²) >= 11 is 6.32. The Morgan fingerprint density at radius 3 is 2.52 bits per heavy atom. The lowest BCUT2D eigenvalue weighted by Gasteiger charge is -2.34. The van der Waals surface area contributed by atoms with Gasteiger partial charge in [0.25, 0.3) is 5.91 Å². The van der Waals surface area contributed by atoms with Crippen LogP contribution >= 0.6 is 11.6 Å². The van der Waals surface area contributed by atoms with Crippen LogP contribution in [-0.4, -0.2) is 66.7 Å². The molecule has 0 unspecified atom stereocenters. The van der Waals surface area contributed by atoms with Crippen LogP contribution in [-0.2, 0) is 9.53 Å². The van der Waals surface area contributed by atoms with Gasteiger partial charge in [-0.05, 0) is 37.5 Å². The lowest BCUT2D eigenvalue weighted by atomic mass is 9.95. The topological polar surface area (TPSA) is 76.9 Å². The Morgan fingerprint density at radius 1 is 1.17 bits per heavy atom. The van der Waals surface area contributed by atoms with E-state index in [-0.39, 0.29) is 17.0 Å². The first-order chi connectivity index (χ1) is 14.0. The largest absolute Gasteiger partial charge is 0.379 e. The van der Waals surface area contributed by atoms with E-state index in [0.29, 0.717) is 49.4 Å². The van der Waals surface area contributed by atoms with Crippen molar-refractivity contribution in [2.75, 3.05) is 44.3 Å². The van der Waals surface area contributed by atoms with Crippen LogP contribution in [0, 0.1) is 18.3 Å². The highest BCUT2D eigenvalue weighted by atomic mass is 35.5.